The Morgan fingerprint density at radius 1 is 1.08 bits per heavy atom. The van der Waals surface area contributed by atoms with Gasteiger partial charge >= 0.3 is 12.1 Å². The Labute approximate surface area is 145 Å². The molecule has 0 saturated carbocycles. The highest BCUT2D eigenvalue weighted by atomic mass is 16.6. The highest BCUT2D eigenvalue weighted by Crippen LogP contribution is 2.44. The fraction of sp³-hybridized carbons (Fsp3) is 0.263. The molecule has 2 aromatic carbocycles. The van der Waals surface area contributed by atoms with Crippen LogP contribution in [0.4, 0.5) is 4.79 Å². The molecule has 1 atom stereocenters. The number of aliphatic carboxylic acids is 1. The molecule has 1 aliphatic rings. The average molecular weight is 341 g/mol. The monoisotopic (exact) mass is 341 g/mol. The number of likely N-dealkylation sites (N-methyl/N-ethyl adjacent to an activating group) is 1. The highest BCUT2D eigenvalue weighted by Gasteiger charge is 2.31. The summed E-state index contributed by atoms with van der Waals surface area (Å²) < 4.78 is 5.35. The summed E-state index contributed by atoms with van der Waals surface area (Å²) in [4.78, 5) is 24.1. The van der Waals surface area contributed by atoms with Crippen molar-refractivity contribution >= 4 is 12.1 Å². The van der Waals surface area contributed by atoms with E-state index in [0.717, 1.165) is 27.2 Å². The number of rotatable bonds is 5. The lowest BCUT2D eigenvalue weighted by Gasteiger charge is -2.23. The van der Waals surface area contributed by atoms with Crippen LogP contribution in [0.5, 0.6) is 0 Å². The summed E-state index contributed by atoms with van der Waals surface area (Å²) >= 11 is 0. The van der Waals surface area contributed by atoms with Crippen molar-refractivity contribution in [3.05, 3.63) is 59.7 Å². The number of carboxylic acid groups (broad SMARTS) is 1. The summed E-state index contributed by atoms with van der Waals surface area (Å²) in [6, 6.07) is 14.6. The zero-order chi connectivity index (χ0) is 18.0. The Hall–Kier alpha value is -2.86. The van der Waals surface area contributed by atoms with Crippen LogP contribution in [-0.2, 0) is 9.53 Å². The molecule has 0 bridgehead atoms. The van der Waals surface area contributed by atoms with Gasteiger partial charge in [-0.15, -0.1) is 0 Å². The molecule has 1 unspecified atom stereocenters. The first-order valence-corrected chi connectivity index (χ1v) is 7.96. The van der Waals surface area contributed by atoms with Gasteiger partial charge in [0.15, 0.2) is 6.04 Å². The number of carbonyl (C=O) groups is 2. The van der Waals surface area contributed by atoms with Gasteiger partial charge in [0.05, 0.1) is 6.61 Å². The third kappa shape index (κ3) is 3.08. The van der Waals surface area contributed by atoms with Crippen LogP contribution in [-0.4, -0.2) is 53.5 Å². The Balaban J connectivity index is 1.78. The van der Waals surface area contributed by atoms with E-state index in [0.29, 0.717) is 0 Å². The quantitative estimate of drug-likeness (QED) is 0.871. The Morgan fingerprint density at radius 3 is 2.08 bits per heavy atom. The lowest BCUT2D eigenvalue weighted by atomic mass is 9.98. The summed E-state index contributed by atoms with van der Waals surface area (Å²) in [6.07, 6.45) is -0.775. The normalized spacial score (nSPS) is 13.7. The molecule has 0 heterocycles. The predicted molar refractivity (Wildman–Crippen MR) is 91.3 cm³/mol. The Morgan fingerprint density at radius 2 is 1.60 bits per heavy atom. The summed E-state index contributed by atoms with van der Waals surface area (Å²) in [5, 5.41) is 18.1. The number of ether oxygens (including phenoxy) is 1. The summed E-state index contributed by atoms with van der Waals surface area (Å²) in [6.45, 7) is -0.564. The zero-order valence-corrected chi connectivity index (χ0v) is 13.8. The third-order valence-corrected chi connectivity index (χ3v) is 4.55. The minimum atomic E-state index is -1.32. The number of carbonyl (C=O) groups excluding carboxylic acids is 1. The standard InChI is InChI=1S/C19H19NO5/c1-20(17(10-21)18(22)23)19(24)25-11-16-14-8-4-2-6-12(14)13-7-3-5-9-15(13)16/h2-9,16-17,21H,10-11H2,1H3,(H,22,23). The van der Waals surface area contributed by atoms with Crippen LogP contribution >= 0.6 is 0 Å². The lowest BCUT2D eigenvalue weighted by Crippen LogP contribution is -2.45. The number of fused-ring (bicyclic) bond motifs is 3. The molecule has 0 radical (unpaired) electrons. The molecule has 0 spiro atoms. The highest BCUT2D eigenvalue weighted by molar-refractivity contribution is 5.81. The van der Waals surface area contributed by atoms with Crippen LogP contribution < -0.4 is 0 Å². The molecule has 0 aliphatic heterocycles. The number of hydrogen-bond donors (Lipinski definition) is 2. The molecule has 6 nitrogen and oxygen atoms in total. The smallest absolute Gasteiger partial charge is 0.410 e. The van der Waals surface area contributed by atoms with Crippen molar-refractivity contribution in [2.45, 2.75) is 12.0 Å². The molecule has 1 aliphatic carbocycles. The predicted octanol–water partition coefficient (Wildman–Crippen LogP) is 2.31. The molecule has 0 saturated heterocycles. The molecule has 130 valence electrons. The van der Waals surface area contributed by atoms with Crippen molar-refractivity contribution < 1.29 is 24.5 Å². The van der Waals surface area contributed by atoms with E-state index in [1.807, 2.05) is 48.5 Å². The second kappa shape index (κ2) is 6.94. The van der Waals surface area contributed by atoms with E-state index in [4.69, 9.17) is 14.9 Å². The maximum absolute atomic E-state index is 12.2. The fourth-order valence-corrected chi connectivity index (χ4v) is 3.19. The van der Waals surface area contributed by atoms with Crippen LogP contribution in [0.1, 0.15) is 17.0 Å². The van der Waals surface area contributed by atoms with Crippen LogP contribution in [0.15, 0.2) is 48.5 Å². The van der Waals surface area contributed by atoms with Crippen molar-refractivity contribution in [2.24, 2.45) is 0 Å². The van der Waals surface area contributed by atoms with E-state index >= 15 is 0 Å². The Kier molecular flexibility index (Phi) is 4.72. The molecular formula is C19H19NO5. The van der Waals surface area contributed by atoms with Crippen LogP contribution in [0, 0.1) is 0 Å². The van der Waals surface area contributed by atoms with Gasteiger partial charge in [-0.05, 0) is 22.3 Å². The van der Waals surface area contributed by atoms with E-state index in [-0.39, 0.29) is 12.5 Å². The first-order valence-electron chi connectivity index (χ1n) is 7.96. The molecular weight excluding hydrogens is 322 g/mol. The molecule has 25 heavy (non-hydrogen) atoms. The van der Waals surface area contributed by atoms with Crippen LogP contribution in [0.25, 0.3) is 11.1 Å². The van der Waals surface area contributed by atoms with Crippen molar-refractivity contribution in [1.82, 2.24) is 4.90 Å². The zero-order valence-electron chi connectivity index (χ0n) is 13.8. The van der Waals surface area contributed by atoms with Crippen molar-refractivity contribution in [3.63, 3.8) is 0 Å². The first-order chi connectivity index (χ1) is 12.0. The lowest BCUT2D eigenvalue weighted by molar-refractivity contribution is -0.143. The molecule has 2 N–H and O–H groups in total. The van der Waals surface area contributed by atoms with Gasteiger partial charge in [0, 0.05) is 13.0 Å². The summed E-state index contributed by atoms with van der Waals surface area (Å²) in [7, 11) is 1.30. The maximum atomic E-state index is 12.2. The van der Waals surface area contributed by atoms with Crippen molar-refractivity contribution in [3.8, 4) is 11.1 Å². The third-order valence-electron chi connectivity index (χ3n) is 4.55. The summed E-state index contributed by atoms with van der Waals surface area (Å²) in [5.41, 5.74) is 4.39. The van der Waals surface area contributed by atoms with Gasteiger partial charge < -0.3 is 14.9 Å². The van der Waals surface area contributed by atoms with Gasteiger partial charge in [-0.2, -0.15) is 0 Å². The van der Waals surface area contributed by atoms with Crippen molar-refractivity contribution in [2.75, 3.05) is 20.3 Å². The second-order valence-corrected chi connectivity index (χ2v) is 5.95. The molecule has 0 fully saturated rings. The van der Waals surface area contributed by atoms with E-state index < -0.39 is 24.7 Å². The molecule has 6 heteroatoms. The van der Waals surface area contributed by atoms with Crippen LogP contribution in [0.2, 0.25) is 0 Å². The number of hydrogen-bond acceptors (Lipinski definition) is 4. The van der Waals surface area contributed by atoms with Gasteiger partial charge in [-0.1, -0.05) is 48.5 Å². The van der Waals surface area contributed by atoms with Gasteiger partial charge in [0.1, 0.15) is 6.61 Å². The fourth-order valence-electron chi connectivity index (χ4n) is 3.19. The molecule has 1 amide bonds. The number of aliphatic hydroxyl groups is 1. The average Bonchev–Trinajstić information content (AvgIpc) is 2.94. The van der Waals surface area contributed by atoms with Gasteiger partial charge in [0.2, 0.25) is 0 Å². The largest absolute Gasteiger partial charge is 0.480 e. The topological polar surface area (TPSA) is 87.1 Å². The number of nitrogens with zero attached hydrogens (tertiary/aromatic N) is 1. The summed E-state index contributed by atoms with van der Waals surface area (Å²) in [5.74, 6) is -1.37. The SMILES string of the molecule is CN(C(=O)OCC1c2ccccc2-c2ccccc21)C(CO)C(=O)O. The second-order valence-electron chi connectivity index (χ2n) is 5.95. The number of carboxylic acids is 1. The minimum Gasteiger partial charge on any atom is -0.480 e. The van der Waals surface area contributed by atoms with Crippen LogP contribution in [0.3, 0.4) is 0 Å². The van der Waals surface area contributed by atoms with Gasteiger partial charge in [-0.25, -0.2) is 9.59 Å². The number of benzene rings is 2. The molecule has 0 aromatic heterocycles. The van der Waals surface area contributed by atoms with Gasteiger partial charge in [-0.3, -0.25) is 4.90 Å². The van der Waals surface area contributed by atoms with Gasteiger partial charge in [0.25, 0.3) is 0 Å². The van der Waals surface area contributed by atoms with E-state index in [2.05, 4.69) is 0 Å². The molecule has 2 aromatic rings. The van der Waals surface area contributed by atoms with Crippen molar-refractivity contribution in [1.29, 1.82) is 0 Å². The minimum absolute atomic E-state index is 0.0952. The number of aliphatic hydroxyl groups excluding tert-OH is 1. The molecule has 3 rings (SSSR count). The maximum Gasteiger partial charge on any atom is 0.410 e. The van der Waals surface area contributed by atoms with E-state index in [1.165, 1.54) is 7.05 Å². The Bertz CT molecular complexity index is 758. The first kappa shape index (κ1) is 17.0. The number of amides is 1. The van der Waals surface area contributed by atoms with E-state index in [9.17, 15) is 9.59 Å². The van der Waals surface area contributed by atoms with E-state index in [1.54, 1.807) is 0 Å².